The average Bonchev–Trinajstić information content (AvgIpc) is 3.33. The van der Waals surface area contributed by atoms with Crippen molar-refractivity contribution in [3.8, 4) is 0 Å². The Labute approximate surface area is 127 Å². The summed E-state index contributed by atoms with van der Waals surface area (Å²) in [5.74, 6) is 2.18. The van der Waals surface area contributed by atoms with Crippen LogP contribution in [0.4, 0.5) is 0 Å². The van der Waals surface area contributed by atoms with Gasteiger partial charge in [-0.3, -0.25) is 4.79 Å². The Hall–Kier alpha value is -0.650. The van der Waals surface area contributed by atoms with E-state index < -0.39 is 6.10 Å². The van der Waals surface area contributed by atoms with Gasteiger partial charge < -0.3 is 20.1 Å². The molecule has 5 heteroatoms. The second-order valence-electron chi connectivity index (χ2n) is 7.04. The van der Waals surface area contributed by atoms with Crippen molar-refractivity contribution in [2.75, 3.05) is 33.4 Å². The van der Waals surface area contributed by atoms with E-state index in [9.17, 15) is 9.90 Å². The van der Waals surface area contributed by atoms with Crippen LogP contribution in [0, 0.1) is 17.8 Å². The van der Waals surface area contributed by atoms with Crippen molar-refractivity contribution in [1.29, 1.82) is 0 Å². The molecule has 1 heterocycles. The molecule has 0 aromatic rings. The van der Waals surface area contributed by atoms with Crippen molar-refractivity contribution in [3.05, 3.63) is 0 Å². The summed E-state index contributed by atoms with van der Waals surface area (Å²) >= 11 is 0. The van der Waals surface area contributed by atoms with Gasteiger partial charge in [-0.1, -0.05) is 0 Å². The summed E-state index contributed by atoms with van der Waals surface area (Å²) in [5.41, 5.74) is 0. The number of hydrogen-bond acceptors (Lipinski definition) is 4. The fraction of sp³-hybridized carbons (Fsp3) is 0.938. The lowest BCUT2D eigenvalue weighted by atomic mass is 10.0. The van der Waals surface area contributed by atoms with Crippen LogP contribution < -0.4 is 5.32 Å². The van der Waals surface area contributed by atoms with E-state index >= 15 is 0 Å². The highest BCUT2D eigenvalue weighted by atomic mass is 16.5. The van der Waals surface area contributed by atoms with Gasteiger partial charge in [0.05, 0.1) is 12.7 Å². The highest BCUT2D eigenvalue weighted by Gasteiger charge is 2.51. The maximum absolute atomic E-state index is 12.2. The van der Waals surface area contributed by atoms with Crippen LogP contribution in [-0.2, 0) is 9.53 Å². The Kier molecular flexibility index (Phi) is 4.82. The van der Waals surface area contributed by atoms with Crippen molar-refractivity contribution >= 4 is 5.91 Å². The highest BCUT2D eigenvalue weighted by molar-refractivity contribution is 5.81. The molecule has 1 aliphatic heterocycles. The van der Waals surface area contributed by atoms with Gasteiger partial charge in [0.1, 0.15) is 0 Å². The summed E-state index contributed by atoms with van der Waals surface area (Å²) in [6.45, 7) is 2.95. The monoisotopic (exact) mass is 296 g/mol. The molecule has 0 aromatic carbocycles. The molecule has 0 aromatic heterocycles. The number of carbonyl (C=O) groups is 1. The summed E-state index contributed by atoms with van der Waals surface area (Å²) in [5, 5.41) is 13.0. The first-order valence-electron chi connectivity index (χ1n) is 8.37. The highest BCUT2D eigenvalue weighted by Crippen LogP contribution is 2.54. The van der Waals surface area contributed by atoms with E-state index in [2.05, 4.69) is 10.2 Å². The maximum Gasteiger partial charge on any atom is 0.223 e. The molecular weight excluding hydrogens is 268 g/mol. The molecule has 3 atom stereocenters. The molecule has 5 nitrogen and oxygen atoms in total. The topological polar surface area (TPSA) is 61.8 Å². The first-order chi connectivity index (χ1) is 10.2. The molecular formula is C16H28N2O3. The van der Waals surface area contributed by atoms with Gasteiger partial charge >= 0.3 is 0 Å². The van der Waals surface area contributed by atoms with Crippen molar-refractivity contribution < 1.29 is 14.6 Å². The van der Waals surface area contributed by atoms with Crippen molar-refractivity contribution in [1.82, 2.24) is 10.2 Å². The number of methoxy groups -OCH3 is 1. The van der Waals surface area contributed by atoms with Crippen LogP contribution in [0.5, 0.6) is 0 Å². The van der Waals surface area contributed by atoms with Crippen LogP contribution in [0.25, 0.3) is 0 Å². The molecule has 2 saturated carbocycles. The van der Waals surface area contributed by atoms with Gasteiger partial charge in [0, 0.05) is 38.7 Å². The van der Waals surface area contributed by atoms with Crippen molar-refractivity contribution in [3.63, 3.8) is 0 Å². The van der Waals surface area contributed by atoms with Crippen LogP contribution in [0.3, 0.4) is 0 Å². The fourth-order valence-electron chi connectivity index (χ4n) is 3.67. The second-order valence-corrected chi connectivity index (χ2v) is 7.04. The average molecular weight is 296 g/mol. The molecule has 120 valence electrons. The van der Waals surface area contributed by atoms with Crippen LogP contribution >= 0.6 is 0 Å². The zero-order valence-corrected chi connectivity index (χ0v) is 13.0. The molecule has 0 bridgehead atoms. The lowest BCUT2D eigenvalue weighted by Crippen LogP contribution is -2.47. The molecule has 2 N–H and O–H groups in total. The van der Waals surface area contributed by atoms with Gasteiger partial charge in [-0.25, -0.2) is 0 Å². The third-order valence-electron chi connectivity index (χ3n) is 5.17. The summed E-state index contributed by atoms with van der Waals surface area (Å²) in [4.78, 5) is 14.4. The van der Waals surface area contributed by atoms with E-state index in [-0.39, 0.29) is 0 Å². The number of aliphatic hydroxyl groups excluding tert-OH is 1. The zero-order chi connectivity index (χ0) is 14.8. The standard InChI is InChI=1S/C16H28N2O3/c1-21-10-13(19)9-18-6-4-12(5-7-18)17-16(20)15-8-14(15)11-2-3-11/h11-15,19H,2-10H2,1H3,(H,17,20). The van der Waals surface area contributed by atoms with E-state index in [0.717, 1.165) is 38.3 Å². The number of β-amino-alcohol motifs (C(OH)–C–C–N with tert-alkyl or cyclic N) is 1. The third kappa shape index (κ3) is 4.18. The molecule has 1 amide bonds. The smallest absolute Gasteiger partial charge is 0.223 e. The van der Waals surface area contributed by atoms with Gasteiger partial charge in [0.2, 0.25) is 5.91 Å². The Morgan fingerprint density at radius 1 is 1.33 bits per heavy atom. The molecule has 3 aliphatic rings. The quantitative estimate of drug-likeness (QED) is 0.723. The van der Waals surface area contributed by atoms with E-state index in [1.54, 1.807) is 7.11 Å². The van der Waals surface area contributed by atoms with Crippen molar-refractivity contribution in [2.45, 2.75) is 44.2 Å². The Bertz CT molecular complexity index is 365. The van der Waals surface area contributed by atoms with E-state index in [1.807, 2.05) is 0 Å². The van der Waals surface area contributed by atoms with Gasteiger partial charge in [-0.2, -0.15) is 0 Å². The normalized spacial score (nSPS) is 31.9. The summed E-state index contributed by atoms with van der Waals surface area (Å²) in [6.07, 6.45) is 5.39. The molecule has 3 fully saturated rings. The number of nitrogens with one attached hydrogen (secondary N) is 1. The molecule has 1 saturated heterocycles. The number of likely N-dealkylation sites (tertiary alicyclic amines) is 1. The molecule has 0 radical (unpaired) electrons. The number of nitrogens with zero attached hydrogens (tertiary/aromatic N) is 1. The molecule has 3 unspecified atom stereocenters. The zero-order valence-electron chi connectivity index (χ0n) is 13.0. The minimum absolute atomic E-state index is 0.296. The number of carbonyl (C=O) groups excluding carboxylic acids is 1. The summed E-state index contributed by atoms with van der Waals surface area (Å²) in [6, 6.07) is 0.328. The van der Waals surface area contributed by atoms with Gasteiger partial charge in [-0.15, -0.1) is 0 Å². The van der Waals surface area contributed by atoms with Crippen LogP contribution in [0.2, 0.25) is 0 Å². The Morgan fingerprint density at radius 3 is 2.67 bits per heavy atom. The predicted molar refractivity (Wildman–Crippen MR) is 79.8 cm³/mol. The Morgan fingerprint density at radius 2 is 2.05 bits per heavy atom. The van der Waals surface area contributed by atoms with Crippen LogP contribution in [-0.4, -0.2) is 61.4 Å². The first kappa shape index (κ1) is 15.3. The second kappa shape index (κ2) is 6.63. The third-order valence-corrected chi connectivity index (χ3v) is 5.17. The van der Waals surface area contributed by atoms with Crippen molar-refractivity contribution in [2.24, 2.45) is 17.8 Å². The molecule has 3 rings (SSSR count). The summed E-state index contributed by atoms with van der Waals surface area (Å²) < 4.78 is 4.95. The lowest BCUT2D eigenvalue weighted by molar-refractivity contribution is -0.123. The first-order valence-corrected chi connectivity index (χ1v) is 8.37. The van der Waals surface area contributed by atoms with E-state index in [0.29, 0.717) is 36.9 Å². The number of piperidine rings is 1. The number of hydrogen-bond donors (Lipinski definition) is 2. The molecule has 0 spiro atoms. The predicted octanol–water partition coefficient (Wildman–Crippen LogP) is 0.620. The largest absolute Gasteiger partial charge is 0.389 e. The van der Waals surface area contributed by atoms with Gasteiger partial charge in [-0.05, 0) is 43.9 Å². The maximum atomic E-state index is 12.2. The minimum Gasteiger partial charge on any atom is -0.389 e. The number of amides is 1. The lowest BCUT2D eigenvalue weighted by Gasteiger charge is -2.33. The Balaban J connectivity index is 1.33. The van der Waals surface area contributed by atoms with E-state index in [4.69, 9.17) is 4.74 Å². The number of rotatable bonds is 7. The van der Waals surface area contributed by atoms with Crippen LogP contribution in [0.15, 0.2) is 0 Å². The number of aliphatic hydroxyl groups is 1. The van der Waals surface area contributed by atoms with Gasteiger partial charge in [0.25, 0.3) is 0 Å². The summed E-state index contributed by atoms with van der Waals surface area (Å²) in [7, 11) is 1.61. The fourth-order valence-corrected chi connectivity index (χ4v) is 3.67. The van der Waals surface area contributed by atoms with Gasteiger partial charge in [0.15, 0.2) is 0 Å². The SMILES string of the molecule is COCC(O)CN1CCC(NC(=O)C2CC2C2CC2)CC1. The molecule has 2 aliphatic carbocycles. The minimum atomic E-state index is -0.410. The number of ether oxygens (including phenoxy) is 1. The molecule has 21 heavy (non-hydrogen) atoms. The van der Waals surface area contributed by atoms with E-state index in [1.165, 1.54) is 12.8 Å². The van der Waals surface area contributed by atoms with Crippen LogP contribution in [0.1, 0.15) is 32.1 Å².